The molecule has 0 saturated carbocycles. The molecule has 3 nitrogen and oxygen atoms in total. The summed E-state index contributed by atoms with van der Waals surface area (Å²) in [7, 11) is 1.84. The second-order valence-electron chi connectivity index (χ2n) is 4.65. The third kappa shape index (κ3) is 2.38. The number of hydrogen-bond acceptors (Lipinski definition) is 3. The highest BCUT2D eigenvalue weighted by atomic mass is 32.1. The standard InChI is InChI=1S/C12H20N2OS/c1-6-12(3,4)14(5)11(15)10-7-9(13)8(2)16-10/h7H,6,13H2,1-5H3. The van der Waals surface area contributed by atoms with Crippen LogP contribution in [0.5, 0.6) is 0 Å². The van der Waals surface area contributed by atoms with Crippen molar-refractivity contribution in [3.8, 4) is 0 Å². The normalized spacial score (nSPS) is 11.6. The van der Waals surface area contributed by atoms with Crippen molar-refractivity contribution in [3.63, 3.8) is 0 Å². The summed E-state index contributed by atoms with van der Waals surface area (Å²) in [5.41, 5.74) is 6.34. The maximum atomic E-state index is 12.2. The van der Waals surface area contributed by atoms with E-state index in [1.54, 1.807) is 11.0 Å². The predicted molar refractivity (Wildman–Crippen MR) is 69.9 cm³/mol. The molecule has 0 aliphatic carbocycles. The molecule has 0 aliphatic rings. The van der Waals surface area contributed by atoms with Crippen LogP contribution in [0.3, 0.4) is 0 Å². The van der Waals surface area contributed by atoms with E-state index in [-0.39, 0.29) is 11.4 Å². The van der Waals surface area contributed by atoms with Crippen LogP contribution in [-0.4, -0.2) is 23.4 Å². The second-order valence-corrected chi connectivity index (χ2v) is 5.91. The van der Waals surface area contributed by atoms with Gasteiger partial charge in [0.2, 0.25) is 0 Å². The van der Waals surface area contributed by atoms with Gasteiger partial charge in [-0.05, 0) is 33.3 Å². The molecule has 0 aliphatic heterocycles. The summed E-state index contributed by atoms with van der Waals surface area (Å²) in [4.78, 5) is 15.7. The van der Waals surface area contributed by atoms with Crippen molar-refractivity contribution in [3.05, 3.63) is 15.8 Å². The molecular weight excluding hydrogens is 220 g/mol. The Labute approximate surface area is 101 Å². The fraction of sp³-hybridized carbons (Fsp3) is 0.583. The van der Waals surface area contributed by atoms with E-state index in [2.05, 4.69) is 20.8 Å². The first-order chi connectivity index (χ1) is 7.29. The van der Waals surface area contributed by atoms with Crippen molar-refractivity contribution in [1.82, 2.24) is 4.90 Å². The van der Waals surface area contributed by atoms with Gasteiger partial charge in [0.15, 0.2) is 0 Å². The van der Waals surface area contributed by atoms with Crippen LogP contribution in [0.4, 0.5) is 5.69 Å². The molecule has 2 N–H and O–H groups in total. The van der Waals surface area contributed by atoms with Crippen molar-refractivity contribution in [2.45, 2.75) is 39.7 Å². The molecule has 0 fully saturated rings. The topological polar surface area (TPSA) is 46.3 Å². The molecule has 0 unspecified atom stereocenters. The van der Waals surface area contributed by atoms with Gasteiger partial charge in [0.25, 0.3) is 5.91 Å². The lowest BCUT2D eigenvalue weighted by Crippen LogP contribution is -2.44. The van der Waals surface area contributed by atoms with Gasteiger partial charge in [-0.25, -0.2) is 0 Å². The van der Waals surface area contributed by atoms with Crippen molar-refractivity contribution < 1.29 is 4.79 Å². The summed E-state index contributed by atoms with van der Waals surface area (Å²) < 4.78 is 0. The van der Waals surface area contributed by atoms with Crippen molar-refractivity contribution in [2.24, 2.45) is 0 Å². The number of rotatable bonds is 3. The Balaban J connectivity index is 2.94. The van der Waals surface area contributed by atoms with E-state index in [1.165, 1.54) is 11.3 Å². The highest BCUT2D eigenvalue weighted by Gasteiger charge is 2.27. The molecule has 0 spiro atoms. The summed E-state index contributed by atoms with van der Waals surface area (Å²) in [5, 5.41) is 0. The van der Waals surface area contributed by atoms with Crippen LogP contribution in [0, 0.1) is 6.92 Å². The Kier molecular flexibility index (Phi) is 3.63. The molecule has 16 heavy (non-hydrogen) atoms. The summed E-state index contributed by atoms with van der Waals surface area (Å²) in [5.74, 6) is 0.0525. The lowest BCUT2D eigenvalue weighted by molar-refractivity contribution is 0.0625. The second kappa shape index (κ2) is 4.45. The number of thiophene rings is 1. The SMILES string of the molecule is CCC(C)(C)N(C)C(=O)c1cc(N)c(C)s1. The zero-order valence-corrected chi connectivity index (χ0v) is 11.4. The molecule has 0 aromatic carbocycles. The number of amides is 1. The molecular formula is C12H20N2OS. The van der Waals surface area contributed by atoms with E-state index in [0.717, 1.165) is 16.2 Å². The first-order valence-corrected chi connectivity index (χ1v) is 6.25. The van der Waals surface area contributed by atoms with Gasteiger partial charge in [-0.2, -0.15) is 0 Å². The Bertz CT molecular complexity index is 376. The summed E-state index contributed by atoms with van der Waals surface area (Å²) in [6, 6.07) is 1.77. The minimum Gasteiger partial charge on any atom is -0.398 e. The van der Waals surface area contributed by atoms with Crippen LogP contribution in [0.25, 0.3) is 0 Å². The number of anilines is 1. The largest absolute Gasteiger partial charge is 0.398 e. The molecule has 1 amide bonds. The number of carbonyl (C=O) groups is 1. The number of nitrogens with zero attached hydrogens (tertiary/aromatic N) is 1. The van der Waals surface area contributed by atoms with Crippen LogP contribution in [-0.2, 0) is 0 Å². The van der Waals surface area contributed by atoms with E-state index in [0.29, 0.717) is 5.69 Å². The number of nitrogens with two attached hydrogens (primary N) is 1. The molecule has 0 radical (unpaired) electrons. The number of hydrogen-bond donors (Lipinski definition) is 1. The maximum absolute atomic E-state index is 12.2. The van der Waals surface area contributed by atoms with Gasteiger partial charge in [-0.1, -0.05) is 6.92 Å². The van der Waals surface area contributed by atoms with E-state index in [4.69, 9.17) is 5.73 Å². The van der Waals surface area contributed by atoms with E-state index in [1.807, 2.05) is 14.0 Å². The Morgan fingerprint density at radius 1 is 1.56 bits per heavy atom. The Hall–Kier alpha value is -1.03. The third-order valence-electron chi connectivity index (χ3n) is 3.24. The van der Waals surface area contributed by atoms with Gasteiger partial charge in [0.1, 0.15) is 0 Å². The first-order valence-electron chi connectivity index (χ1n) is 5.43. The van der Waals surface area contributed by atoms with Gasteiger partial charge in [0.05, 0.1) is 4.88 Å². The molecule has 0 saturated heterocycles. The van der Waals surface area contributed by atoms with Gasteiger partial charge in [-0.3, -0.25) is 4.79 Å². The fourth-order valence-electron chi connectivity index (χ4n) is 1.28. The highest BCUT2D eigenvalue weighted by Crippen LogP contribution is 2.27. The van der Waals surface area contributed by atoms with Crippen LogP contribution >= 0.6 is 11.3 Å². The molecule has 1 rings (SSSR count). The Morgan fingerprint density at radius 2 is 2.12 bits per heavy atom. The van der Waals surface area contributed by atoms with E-state index < -0.39 is 0 Å². The molecule has 4 heteroatoms. The van der Waals surface area contributed by atoms with Crippen LogP contribution in [0.1, 0.15) is 41.7 Å². The summed E-state index contributed by atoms with van der Waals surface area (Å²) in [6.45, 7) is 8.14. The van der Waals surface area contributed by atoms with Crippen molar-refractivity contribution in [1.29, 1.82) is 0 Å². The van der Waals surface area contributed by atoms with Gasteiger partial charge >= 0.3 is 0 Å². The van der Waals surface area contributed by atoms with Gasteiger partial charge in [-0.15, -0.1) is 11.3 Å². The number of aryl methyl sites for hydroxylation is 1. The molecule has 1 aromatic rings. The highest BCUT2D eigenvalue weighted by molar-refractivity contribution is 7.14. The van der Waals surface area contributed by atoms with E-state index in [9.17, 15) is 4.79 Å². The van der Waals surface area contributed by atoms with Crippen molar-refractivity contribution >= 4 is 22.9 Å². The molecule has 90 valence electrons. The van der Waals surface area contributed by atoms with E-state index >= 15 is 0 Å². The summed E-state index contributed by atoms with van der Waals surface area (Å²) >= 11 is 1.46. The molecule has 1 aromatic heterocycles. The summed E-state index contributed by atoms with van der Waals surface area (Å²) in [6.07, 6.45) is 0.926. The smallest absolute Gasteiger partial charge is 0.264 e. The minimum absolute atomic E-state index is 0.0525. The average molecular weight is 240 g/mol. The zero-order chi connectivity index (χ0) is 12.5. The lowest BCUT2D eigenvalue weighted by Gasteiger charge is -2.34. The minimum atomic E-state index is -0.121. The van der Waals surface area contributed by atoms with Crippen molar-refractivity contribution in [2.75, 3.05) is 12.8 Å². The van der Waals surface area contributed by atoms with Gasteiger partial charge in [0, 0.05) is 23.2 Å². The number of nitrogen functional groups attached to an aromatic ring is 1. The molecule has 1 heterocycles. The maximum Gasteiger partial charge on any atom is 0.264 e. The zero-order valence-electron chi connectivity index (χ0n) is 10.6. The average Bonchev–Trinajstić information content (AvgIpc) is 2.57. The molecule has 0 bridgehead atoms. The first kappa shape index (κ1) is 13.0. The quantitative estimate of drug-likeness (QED) is 0.883. The lowest BCUT2D eigenvalue weighted by atomic mass is 10.00. The third-order valence-corrected chi connectivity index (χ3v) is 4.30. The monoisotopic (exact) mass is 240 g/mol. The van der Waals surface area contributed by atoms with Gasteiger partial charge < -0.3 is 10.6 Å². The predicted octanol–water partition coefficient (Wildman–Crippen LogP) is 2.90. The van der Waals surface area contributed by atoms with Crippen LogP contribution < -0.4 is 5.73 Å². The van der Waals surface area contributed by atoms with Crippen LogP contribution in [0.2, 0.25) is 0 Å². The van der Waals surface area contributed by atoms with Crippen LogP contribution in [0.15, 0.2) is 6.07 Å². The fourth-order valence-corrected chi connectivity index (χ4v) is 2.20. The Morgan fingerprint density at radius 3 is 2.50 bits per heavy atom. The number of carbonyl (C=O) groups excluding carboxylic acids is 1. The molecule has 0 atom stereocenters.